The lowest BCUT2D eigenvalue weighted by molar-refractivity contribution is -0.123. The Balaban J connectivity index is 1.60. The minimum atomic E-state index is 0.0820. The highest BCUT2D eigenvalue weighted by atomic mass is 16.5. The molecule has 20 heavy (non-hydrogen) atoms. The molecule has 1 aliphatic heterocycles. The van der Waals surface area contributed by atoms with E-state index in [1.54, 1.807) is 0 Å². The van der Waals surface area contributed by atoms with Crippen molar-refractivity contribution in [2.45, 2.75) is 44.9 Å². The lowest BCUT2D eigenvalue weighted by Gasteiger charge is -2.30. The van der Waals surface area contributed by atoms with E-state index in [1.807, 2.05) is 30.3 Å². The van der Waals surface area contributed by atoms with E-state index in [4.69, 9.17) is 4.74 Å². The topological polar surface area (TPSA) is 50.4 Å². The lowest BCUT2D eigenvalue weighted by Crippen LogP contribution is -2.52. The van der Waals surface area contributed by atoms with Crippen molar-refractivity contribution in [2.24, 2.45) is 0 Å². The van der Waals surface area contributed by atoms with Crippen LogP contribution in [0.2, 0.25) is 0 Å². The molecule has 1 saturated heterocycles. The van der Waals surface area contributed by atoms with Crippen LogP contribution in [0.4, 0.5) is 0 Å². The van der Waals surface area contributed by atoms with Gasteiger partial charge in [-0.25, -0.2) is 0 Å². The zero-order valence-electron chi connectivity index (χ0n) is 12.1. The summed E-state index contributed by atoms with van der Waals surface area (Å²) in [4.78, 5) is 11.8. The van der Waals surface area contributed by atoms with Crippen molar-refractivity contribution < 1.29 is 9.53 Å². The Kier molecular flexibility index (Phi) is 6.02. The Bertz CT molecular complexity index is 408. The molecule has 0 radical (unpaired) electrons. The first-order chi connectivity index (χ1) is 9.75. The van der Waals surface area contributed by atoms with Gasteiger partial charge in [0.05, 0.1) is 13.2 Å². The molecule has 1 aromatic rings. The minimum Gasteiger partial charge on any atom is -0.376 e. The second kappa shape index (κ2) is 8.02. The van der Waals surface area contributed by atoms with E-state index in [1.165, 1.54) is 0 Å². The Morgan fingerprint density at radius 2 is 2.20 bits per heavy atom. The van der Waals surface area contributed by atoms with Gasteiger partial charge in [-0.3, -0.25) is 4.79 Å². The molecule has 0 aliphatic carbocycles. The first kappa shape index (κ1) is 15.0. The van der Waals surface area contributed by atoms with Crippen LogP contribution in [-0.4, -0.2) is 31.1 Å². The molecule has 0 bridgehead atoms. The fraction of sp³-hybridized carbons (Fsp3) is 0.562. The molecular weight excluding hydrogens is 252 g/mol. The van der Waals surface area contributed by atoms with Gasteiger partial charge in [-0.15, -0.1) is 0 Å². The van der Waals surface area contributed by atoms with Crippen LogP contribution in [0.25, 0.3) is 0 Å². The molecule has 2 atom stereocenters. The van der Waals surface area contributed by atoms with Crippen molar-refractivity contribution in [2.75, 3.05) is 13.2 Å². The molecule has 1 amide bonds. The maximum absolute atomic E-state index is 11.8. The number of carbonyl (C=O) groups excluding carboxylic acids is 1. The molecule has 0 aromatic heterocycles. The van der Waals surface area contributed by atoms with Crippen molar-refractivity contribution >= 4 is 5.91 Å². The monoisotopic (exact) mass is 276 g/mol. The van der Waals surface area contributed by atoms with Crippen molar-refractivity contribution in [1.82, 2.24) is 10.6 Å². The fourth-order valence-corrected chi connectivity index (χ4v) is 2.45. The predicted octanol–water partition coefficient (Wildman–Crippen LogP) is 1.85. The molecule has 1 heterocycles. The number of ether oxygens (including phenoxy) is 1. The third-order valence-electron chi connectivity index (χ3n) is 3.69. The second-order valence-electron chi connectivity index (χ2n) is 5.35. The SMILES string of the molecule is CC1NCCCC1NC(=O)CCOCc1ccccc1. The van der Waals surface area contributed by atoms with Crippen LogP contribution >= 0.6 is 0 Å². The maximum atomic E-state index is 11.8. The summed E-state index contributed by atoms with van der Waals surface area (Å²) >= 11 is 0. The van der Waals surface area contributed by atoms with Gasteiger partial charge < -0.3 is 15.4 Å². The lowest BCUT2D eigenvalue weighted by atomic mass is 10.00. The van der Waals surface area contributed by atoms with Crippen LogP contribution in [0, 0.1) is 0 Å². The van der Waals surface area contributed by atoms with Gasteiger partial charge in [-0.1, -0.05) is 30.3 Å². The zero-order chi connectivity index (χ0) is 14.2. The molecule has 110 valence electrons. The van der Waals surface area contributed by atoms with Gasteiger partial charge in [0.15, 0.2) is 0 Å². The van der Waals surface area contributed by atoms with Crippen molar-refractivity contribution in [3.63, 3.8) is 0 Å². The van der Waals surface area contributed by atoms with E-state index in [9.17, 15) is 4.79 Å². The van der Waals surface area contributed by atoms with Gasteiger partial charge in [0, 0.05) is 18.5 Å². The molecular formula is C16H24N2O2. The largest absolute Gasteiger partial charge is 0.376 e. The highest BCUT2D eigenvalue weighted by Crippen LogP contribution is 2.08. The van der Waals surface area contributed by atoms with Crippen LogP contribution in [0.15, 0.2) is 30.3 Å². The van der Waals surface area contributed by atoms with E-state index in [-0.39, 0.29) is 11.9 Å². The van der Waals surface area contributed by atoms with Crippen molar-refractivity contribution in [1.29, 1.82) is 0 Å². The fourth-order valence-electron chi connectivity index (χ4n) is 2.45. The Morgan fingerprint density at radius 3 is 2.95 bits per heavy atom. The molecule has 0 saturated carbocycles. The molecule has 0 spiro atoms. The minimum absolute atomic E-state index is 0.0820. The number of amides is 1. The van der Waals surface area contributed by atoms with Crippen LogP contribution in [-0.2, 0) is 16.1 Å². The van der Waals surface area contributed by atoms with Crippen LogP contribution in [0.1, 0.15) is 31.7 Å². The first-order valence-electron chi connectivity index (χ1n) is 7.40. The molecule has 2 rings (SSSR count). The van der Waals surface area contributed by atoms with Crippen LogP contribution in [0.3, 0.4) is 0 Å². The van der Waals surface area contributed by atoms with Gasteiger partial charge >= 0.3 is 0 Å². The number of hydrogen-bond acceptors (Lipinski definition) is 3. The summed E-state index contributed by atoms with van der Waals surface area (Å²) in [5.41, 5.74) is 1.14. The molecule has 2 N–H and O–H groups in total. The average molecular weight is 276 g/mol. The van der Waals surface area contributed by atoms with Crippen molar-refractivity contribution in [3.05, 3.63) is 35.9 Å². The number of rotatable bonds is 6. The maximum Gasteiger partial charge on any atom is 0.222 e. The molecule has 4 heteroatoms. The molecule has 4 nitrogen and oxygen atoms in total. The molecule has 2 unspecified atom stereocenters. The summed E-state index contributed by atoms with van der Waals surface area (Å²) in [7, 11) is 0. The summed E-state index contributed by atoms with van der Waals surface area (Å²) in [5, 5.41) is 6.47. The standard InChI is InChI=1S/C16H24N2O2/c1-13-15(8-5-10-17-13)18-16(19)9-11-20-12-14-6-3-2-4-7-14/h2-4,6-7,13,15,17H,5,8-12H2,1H3,(H,18,19). The number of benzene rings is 1. The molecule has 1 fully saturated rings. The number of hydrogen-bond donors (Lipinski definition) is 2. The van der Waals surface area contributed by atoms with Gasteiger partial charge in [-0.05, 0) is 31.9 Å². The summed E-state index contributed by atoms with van der Waals surface area (Å²) in [5.74, 6) is 0.0820. The smallest absolute Gasteiger partial charge is 0.222 e. The van der Waals surface area contributed by atoms with Crippen molar-refractivity contribution in [3.8, 4) is 0 Å². The van der Waals surface area contributed by atoms with E-state index >= 15 is 0 Å². The highest BCUT2D eigenvalue weighted by molar-refractivity contribution is 5.76. The Morgan fingerprint density at radius 1 is 1.40 bits per heavy atom. The summed E-state index contributed by atoms with van der Waals surface area (Å²) in [6.45, 7) is 4.20. The van der Waals surface area contributed by atoms with Crippen LogP contribution < -0.4 is 10.6 Å². The predicted molar refractivity (Wildman–Crippen MR) is 79.3 cm³/mol. The molecule has 1 aromatic carbocycles. The second-order valence-corrected chi connectivity index (χ2v) is 5.35. The average Bonchev–Trinajstić information content (AvgIpc) is 2.47. The number of carbonyl (C=O) groups is 1. The van der Waals surface area contributed by atoms with Crippen LogP contribution in [0.5, 0.6) is 0 Å². The van der Waals surface area contributed by atoms with E-state index in [0.29, 0.717) is 25.7 Å². The third-order valence-corrected chi connectivity index (χ3v) is 3.69. The highest BCUT2D eigenvalue weighted by Gasteiger charge is 2.21. The summed E-state index contributed by atoms with van der Waals surface area (Å²) in [6, 6.07) is 10.6. The van der Waals surface area contributed by atoms with Gasteiger partial charge in [0.1, 0.15) is 0 Å². The van der Waals surface area contributed by atoms with Gasteiger partial charge in [0.25, 0.3) is 0 Å². The normalized spacial score (nSPS) is 22.4. The summed E-state index contributed by atoms with van der Waals surface area (Å²) in [6.07, 6.45) is 2.61. The van der Waals surface area contributed by atoms with Gasteiger partial charge in [0.2, 0.25) is 5.91 Å². The first-order valence-corrected chi connectivity index (χ1v) is 7.40. The van der Waals surface area contributed by atoms with E-state index < -0.39 is 0 Å². The quantitative estimate of drug-likeness (QED) is 0.780. The van der Waals surface area contributed by atoms with E-state index in [0.717, 1.165) is 24.9 Å². The third kappa shape index (κ3) is 4.94. The zero-order valence-corrected chi connectivity index (χ0v) is 12.1. The summed E-state index contributed by atoms with van der Waals surface area (Å²) < 4.78 is 5.53. The van der Waals surface area contributed by atoms with Gasteiger partial charge in [-0.2, -0.15) is 0 Å². The Labute approximate surface area is 120 Å². The Hall–Kier alpha value is -1.39. The molecule has 1 aliphatic rings. The van der Waals surface area contributed by atoms with E-state index in [2.05, 4.69) is 17.6 Å². The number of piperidine rings is 1. The number of nitrogens with one attached hydrogen (secondary N) is 2.